The minimum atomic E-state index is -4.60. The van der Waals surface area contributed by atoms with Crippen LogP contribution in [0.25, 0.3) is 0 Å². The van der Waals surface area contributed by atoms with E-state index in [0.29, 0.717) is 31.5 Å². The Morgan fingerprint density at radius 2 is 1.79 bits per heavy atom. The summed E-state index contributed by atoms with van der Waals surface area (Å²) in [4.78, 5) is 34.1. The fourth-order valence-corrected chi connectivity index (χ4v) is 5.05. The van der Waals surface area contributed by atoms with Crippen LogP contribution in [-0.4, -0.2) is 55.3 Å². The van der Waals surface area contributed by atoms with Crippen molar-refractivity contribution in [2.75, 3.05) is 13.1 Å². The number of aromatic nitrogens is 4. The molecule has 1 fully saturated rings. The number of hydrogen-bond donors (Lipinski definition) is 1. The second-order valence-corrected chi connectivity index (χ2v) is 11.7. The number of likely N-dealkylation sites (tertiary alicyclic amines) is 1. The number of aryl methyl sites for hydroxylation is 2. The van der Waals surface area contributed by atoms with Crippen LogP contribution < -0.4 is 5.73 Å². The van der Waals surface area contributed by atoms with Gasteiger partial charge in [0.2, 0.25) is 5.91 Å². The van der Waals surface area contributed by atoms with E-state index in [4.69, 9.17) is 10.5 Å². The topological polar surface area (TPSA) is 116 Å². The van der Waals surface area contributed by atoms with E-state index in [1.807, 2.05) is 31.6 Å². The summed E-state index contributed by atoms with van der Waals surface area (Å²) in [6, 6.07) is 7.19. The van der Waals surface area contributed by atoms with Gasteiger partial charge in [-0.05, 0) is 70.1 Å². The first-order chi connectivity index (χ1) is 19.7. The van der Waals surface area contributed by atoms with Gasteiger partial charge in [-0.2, -0.15) is 18.3 Å². The third-order valence-corrected chi connectivity index (χ3v) is 7.31. The number of halogens is 3. The molecule has 3 aromatic rings. The Bertz CT molecular complexity index is 1410. The molecule has 226 valence electrons. The Labute approximate surface area is 243 Å². The highest BCUT2D eigenvalue weighted by atomic mass is 19.4. The second kappa shape index (κ2) is 12.5. The zero-order chi connectivity index (χ0) is 30.7. The van der Waals surface area contributed by atoms with E-state index in [9.17, 15) is 22.8 Å². The van der Waals surface area contributed by atoms with Gasteiger partial charge in [0.15, 0.2) is 0 Å². The summed E-state index contributed by atoms with van der Waals surface area (Å²) in [6.07, 6.45) is 1.34. The first-order valence-electron chi connectivity index (χ1n) is 14.0. The number of carbonyl (C=O) groups excluding carboxylic acids is 2. The SMILES string of the molecule is CC(C(N)=O)c1ccccc1CCc1nc(Cc2cnn(C3CCN(C(=O)OC(C)(C)C)CC3)c2)ncc1C(F)(F)F. The predicted molar refractivity (Wildman–Crippen MR) is 150 cm³/mol. The number of primary amides is 1. The molecule has 4 rings (SSSR count). The van der Waals surface area contributed by atoms with Crippen LogP contribution in [0.4, 0.5) is 18.0 Å². The van der Waals surface area contributed by atoms with Gasteiger partial charge >= 0.3 is 12.3 Å². The van der Waals surface area contributed by atoms with Crippen LogP contribution in [-0.2, 0) is 35.0 Å². The summed E-state index contributed by atoms with van der Waals surface area (Å²) in [5.41, 5.74) is 6.15. The molecule has 2 amide bonds. The monoisotopic (exact) mass is 586 g/mol. The van der Waals surface area contributed by atoms with Crippen LogP contribution in [0.1, 0.15) is 86.3 Å². The quantitative estimate of drug-likeness (QED) is 0.387. The van der Waals surface area contributed by atoms with Gasteiger partial charge in [0.05, 0.1) is 29.4 Å². The highest BCUT2D eigenvalue weighted by Gasteiger charge is 2.35. The molecule has 0 radical (unpaired) electrons. The van der Waals surface area contributed by atoms with Crippen LogP contribution in [0, 0.1) is 0 Å². The molecular weight excluding hydrogens is 549 g/mol. The lowest BCUT2D eigenvalue weighted by Crippen LogP contribution is -2.42. The normalized spacial score (nSPS) is 15.5. The fourth-order valence-electron chi connectivity index (χ4n) is 5.05. The largest absolute Gasteiger partial charge is 0.444 e. The van der Waals surface area contributed by atoms with Crippen LogP contribution in [0.2, 0.25) is 0 Å². The number of benzene rings is 1. The number of nitrogens with zero attached hydrogens (tertiary/aromatic N) is 5. The van der Waals surface area contributed by atoms with Crippen molar-refractivity contribution in [3.8, 4) is 0 Å². The molecular formula is C30H37F3N6O3. The number of alkyl halides is 3. The molecule has 1 unspecified atom stereocenters. The molecule has 1 atom stereocenters. The Morgan fingerprint density at radius 1 is 1.10 bits per heavy atom. The van der Waals surface area contributed by atoms with Crippen molar-refractivity contribution in [3.05, 3.63) is 76.6 Å². The maximum Gasteiger partial charge on any atom is 0.419 e. The first-order valence-corrected chi connectivity index (χ1v) is 14.0. The van der Waals surface area contributed by atoms with Gasteiger partial charge in [-0.1, -0.05) is 24.3 Å². The van der Waals surface area contributed by atoms with Crippen molar-refractivity contribution in [2.24, 2.45) is 5.73 Å². The summed E-state index contributed by atoms with van der Waals surface area (Å²) < 4.78 is 48.8. The zero-order valence-corrected chi connectivity index (χ0v) is 24.3. The maximum absolute atomic E-state index is 13.8. The smallest absolute Gasteiger partial charge is 0.419 e. The third-order valence-electron chi connectivity index (χ3n) is 7.31. The molecule has 1 aliphatic heterocycles. The molecule has 9 nitrogen and oxygen atoms in total. The Balaban J connectivity index is 1.45. The molecule has 2 aromatic heterocycles. The molecule has 0 bridgehead atoms. The van der Waals surface area contributed by atoms with E-state index in [0.717, 1.165) is 17.3 Å². The first kappa shape index (κ1) is 31.0. The minimum absolute atomic E-state index is 0.0162. The highest BCUT2D eigenvalue weighted by molar-refractivity contribution is 5.81. The number of hydrogen-bond acceptors (Lipinski definition) is 6. The van der Waals surface area contributed by atoms with Crippen LogP contribution in [0.15, 0.2) is 42.9 Å². The molecule has 2 N–H and O–H groups in total. The average Bonchev–Trinajstić information content (AvgIpc) is 3.38. The number of nitrogens with two attached hydrogens (primary N) is 1. The van der Waals surface area contributed by atoms with Crippen molar-refractivity contribution >= 4 is 12.0 Å². The summed E-state index contributed by atoms with van der Waals surface area (Å²) >= 11 is 0. The van der Waals surface area contributed by atoms with Crippen molar-refractivity contribution in [1.29, 1.82) is 0 Å². The van der Waals surface area contributed by atoms with Gasteiger partial charge in [0.1, 0.15) is 11.4 Å². The van der Waals surface area contributed by atoms with Gasteiger partial charge in [-0.25, -0.2) is 14.8 Å². The van der Waals surface area contributed by atoms with E-state index in [1.54, 1.807) is 42.3 Å². The molecule has 0 saturated carbocycles. The highest BCUT2D eigenvalue weighted by Crippen LogP contribution is 2.32. The van der Waals surface area contributed by atoms with Gasteiger partial charge in [0.25, 0.3) is 0 Å². The van der Waals surface area contributed by atoms with Gasteiger partial charge in [-0.3, -0.25) is 9.48 Å². The molecule has 1 aromatic carbocycles. The van der Waals surface area contributed by atoms with Crippen molar-refractivity contribution in [3.63, 3.8) is 0 Å². The summed E-state index contributed by atoms with van der Waals surface area (Å²) in [5.74, 6) is -0.807. The summed E-state index contributed by atoms with van der Waals surface area (Å²) in [7, 11) is 0. The Morgan fingerprint density at radius 3 is 2.43 bits per heavy atom. The van der Waals surface area contributed by atoms with Crippen molar-refractivity contribution in [2.45, 2.75) is 83.5 Å². The molecule has 0 aliphatic carbocycles. The summed E-state index contributed by atoms with van der Waals surface area (Å²) in [6.45, 7) is 8.26. The number of piperidine rings is 1. The van der Waals surface area contributed by atoms with E-state index < -0.39 is 29.2 Å². The zero-order valence-electron chi connectivity index (χ0n) is 24.3. The van der Waals surface area contributed by atoms with Crippen LogP contribution in [0.3, 0.4) is 0 Å². The fraction of sp³-hybridized carbons (Fsp3) is 0.500. The number of rotatable bonds is 8. The lowest BCUT2D eigenvalue weighted by molar-refractivity contribution is -0.138. The molecule has 0 spiro atoms. The van der Waals surface area contributed by atoms with E-state index in [-0.39, 0.29) is 42.9 Å². The average molecular weight is 587 g/mol. The van der Waals surface area contributed by atoms with E-state index >= 15 is 0 Å². The predicted octanol–water partition coefficient (Wildman–Crippen LogP) is 5.23. The van der Waals surface area contributed by atoms with Gasteiger partial charge < -0.3 is 15.4 Å². The number of carbonyl (C=O) groups is 2. The van der Waals surface area contributed by atoms with E-state index in [1.165, 1.54) is 0 Å². The molecule has 12 heteroatoms. The van der Waals surface area contributed by atoms with Gasteiger partial charge in [0, 0.05) is 31.9 Å². The lowest BCUT2D eigenvalue weighted by Gasteiger charge is -2.33. The van der Waals surface area contributed by atoms with Crippen LogP contribution >= 0.6 is 0 Å². The van der Waals surface area contributed by atoms with Crippen molar-refractivity contribution < 1.29 is 27.5 Å². The van der Waals surface area contributed by atoms with Crippen molar-refractivity contribution in [1.82, 2.24) is 24.6 Å². The molecule has 1 aliphatic rings. The molecule has 42 heavy (non-hydrogen) atoms. The molecule has 1 saturated heterocycles. The van der Waals surface area contributed by atoms with Crippen LogP contribution in [0.5, 0.6) is 0 Å². The standard InChI is InChI=1S/C30H37F3N6O3/c1-19(27(34)40)23-8-6-5-7-21(23)9-10-25-24(30(31,32)33)17-35-26(37-25)15-20-16-36-39(18-20)22-11-13-38(14-12-22)28(41)42-29(2,3)4/h5-8,16-19,22H,9-15H2,1-4H3,(H2,34,40). The Kier molecular flexibility index (Phi) is 9.22. The number of amides is 2. The maximum atomic E-state index is 13.8. The van der Waals surface area contributed by atoms with E-state index in [2.05, 4.69) is 15.1 Å². The Hall–Kier alpha value is -3.96. The second-order valence-electron chi connectivity index (χ2n) is 11.7. The number of ether oxygens (including phenoxy) is 1. The lowest BCUT2D eigenvalue weighted by atomic mass is 9.92. The summed E-state index contributed by atoms with van der Waals surface area (Å²) in [5, 5.41) is 4.47. The minimum Gasteiger partial charge on any atom is -0.444 e. The van der Waals surface area contributed by atoms with Gasteiger partial charge in [-0.15, -0.1) is 0 Å². The third kappa shape index (κ3) is 7.86. The molecule has 3 heterocycles.